The van der Waals surface area contributed by atoms with Crippen LogP contribution >= 0.6 is 0 Å². The highest BCUT2D eigenvalue weighted by atomic mass is 16.5. The summed E-state index contributed by atoms with van der Waals surface area (Å²) >= 11 is 0. The third kappa shape index (κ3) is 3.23. The largest absolute Gasteiger partial charge is 0.493 e. The predicted molar refractivity (Wildman–Crippen MR) is 111 cm³/mol. The number of carbonyl (C=O) groups is 1. The lowest BCUT2D eigenvalue weighted by molar-refractivity contribution is 0.100. The molecule has 0 aliphatic carbocycles. The number of hydrogen-bond acceptors (Lipinski definition) is 4. The molecule has 6 nitrogen and oxygen atoms in total. The molecule has 0 atom stereocenters. The summed E-state index contributed by atoms with van der Waals surface area (Å²) in [5.41, 5.74) is 8.87. The van der Waals surface area contributed by atoms with Crippen molar-refractivity contribution >= 4 is 27.7 Å². The second-order valence-corrected chi connectivity index (χ2v) is 6.60. The molecule has 0 fully saturated rings. The molecule has 3 aromatic carbocycles. The van der Waals surface area contributed by atoms with Crippen molar-refractivity contribution < 1.29 is 14.3 Å². The molecule has 1 aromatic heterocycles. The summed E-state index contributed by atoms with van der Waals surface area (Å²) in [5, 5.41) is 10.7. The zero-order chi connectivity index (χ0) is 20.4. The number of carbonyl (C=O) groups excluding carboxylic acids is 1. The Labute approximate surface area is 167 Å². The third-order valence-corrected chi connectivity index (χ3v) is 4.91. The van der Waals surface area contributed by atoms with Gasteiger partial charge < -0.3 is 19.8 Å². The number of ether oxygens (including phenoxy) is 2. The van der Waals surface area contributed by atoms with Crippen molar-refractivity contribution in [2.45, 2.75) is 6.54 Å². The fraction of sp³-hybridized carbons (Fsp3) is 0.130. The first kappa shape index (κ1) is 18.4. The molecule has 29 heavy (non-hydrogen) atoms. The minimum absolute atomic E-state index is 0.0863. The maximum atomic E-state index is 12.2. The number of hydrogen-bond donors (Lipinski definition) is 1. The molecule has 0 aliphatic heterocycles. The molecular formula is C23H19N3O3. The van der Waals surface area contributed by atoms with Gasteiger partial charge >= 0.3 is 0 Å². The Hall–Kier alpha value is -3.98. The van der Waals surface area contributed by atoms with Crippen molar-refractivity contribution in [2.75, 3.05) is 13.7 Å². The van der Waals surface area contributed by atoms with E-state index in [4.69, 9.17) is 20.5 Å². The van der Waals surface area contributed by atoms with E-state index in [1.165, 1.54) is 0 Å². The van der Waals surface area contributed by atoms with Crippen LogP contribution in [0.15, 0.2) is 60.7 Å². The van der Waals surface area contributed by atoms with E-state index >= 15 is 0 Å². The molecule has 0 radical (unpaired) electrons. The Bertz CT molecular complexity index is 1250. The minimum atomic E-state index is -0.486. The Balaban J connectivity index is 2.05. The number of amides is 1. The quantitative estimate of drug-likeness (QED) is 0.546. The van der Waals surface area contributed by atoms with Crippen molar-refractivity contribution in [1.82, 2.24) is 4.57 Å². The molecule has 0 saturated heterocycles. The zero-order valence-corrected chi connectivity index (χ0v) is 15.9. The lowest BCUT2D eigenvalue weighted by atomic mass is 10.1. The summed E-state index contributed by atoms with van der Waals surface area (Å²) in [5.74, 6) is 0.510. The summed E-state index contributed by atoms with van der Waals surface area (Å²) in [6, 6.07) is 21.2. The van der Waals surface area contributed by atoms with E-state index in [9.17, 15) is 4.79 Å². The smallest absolute Gasteiger partial charge is 0.250 e. The Kier molecular flexibility index (Phi) is 4.80. The average molecular weight is 385 g/mol. The van der Waals surface area contributed by atoms with Gasteiger partial charge in [-0.2, -0.15) is 5.26 Å². The van der Waals surface area contributed by atoms with E-state index < -0.39 is 5.91 Å². The number of rotatable bonds is 6. The highest BCUT2D eigenvalue weighted by Crippen LogP contribution is 2.39. The molecule has 2 N–H and O–H groups in total. The van der Waals surface area contributed by atoms with Gasteiger partial charge in [-0.1, -0.05) is 42.5 Å². The molecular weight excluding hydrogens is 366 g/mol. The van der Waals surface area contributed by atoms with E-state index in [1.807, 2.05) is 60.7 Å². The van der Waals surface area contributed by atoms with Crippen molar-refractivity contribution in [2.24, 2.45) is 5.73 Å². The van der Waals surface area contributed by atoms with E-state index in [0.717, 1.165) is 27.4 Å². The first-order chi connectivity index (χ1) is 14.1. The molecule has 0 spiro atoms. The van der Waals surface area contributed by atoms with Gasteiger partial charge in [0, 0.05) is 23.4 Å². The van der Waals surface area contributed by atoms with E-state index in [1.54, 1.807) is 13.2 Å². The summed E-state index contributed by atoms with van der Waals surface area (Å²) in [4.78, 5) is 12.2. The maximum Gasteiger partial charge on any atom is 0.250 e. The zero-order valence-electron chi connectivity index (χ0n) is 15.9. The second kappa shape index (κ2) is 7.56. The molecule has 0 bridgehead atoms. The number of fused-ring (bicyclic) bond motifs is 3. The first-order valence-corrected chi connectivity index (χ1v) is 9.10. The van der Waals surface area contributed by atoms with Gasteiger partial charge in [0.2, 0.25) is 0 Å². The van der Waals surface area contributed by atoms with Crippen LogP contribution in [0.2, 0.25) is 0 Å². The Morgan fingerprint density at radius 1 is 1.07 bits per heavy atom. The second-order valence-electron chi connectivity index (χ2n) is 6.60. The standard InChI is InChI=1S/C23H19N3O3/c1-28-20-13-19-18(12-21(20)29-11-10-24)16-8-5-9-17(23(25)27)22(16)26(19)14-15-6-3-2-4-7-15/h2-9,12-13H,11,14H2,1H3,(H2,25,27). The first-order valence-electron chi connectivity index (χ1n) is 9.10. The van der Waals surface area contributed by atoms with Gasteiger partial charge in [0.25, 0.3) is 5.91 Å². The summed E-state index contributed by atoms with van der Waals surface area (Å²) < 4.78 is 13.1. The Morgan fingerprint density at radius 2 is 1.86 bits per heavy atom. The van der Waals surface area contributed by atoms with Crippen LogP contribution in [0.25, 0.3) is 21.8 Å². The SMILES string of the molecule is COc1cc2c(cc1OCC#N)c1cccc(C(N)=O)c1n2Cc1ccccc1. The number of para-hydroxylation sites is 1. The van der Waals surface area contributed by atoms with E-state index in [-0.39, 0.29) is 6.61 Å². The molecule has 4 aromatic rings. The van der Waals surface area contributed by atoms with Crippen LogP contribution in [-0.2, 0) is 6.54 Å². The topological polar surface area (TPSA) is 90.3 Å². The van der Waals surface area contributed by atoms with Crippen LogP contribution < -0.4 is 15.2 Å². The van der Waals surface area contributed by atoms with Crippen LogP contribution in [-0.4, -0.2) is 24.2 Å². The van der Waals surface area contributed by atoms with Crippen molar-refractivity contribution in [1.29, 1.82) is 5.26 Å². The molecule has 4 rings (SSSR count). The minimum Gasteiger partial charge on any atom is -0.493 e. The fourth-order valence-electron chi connectivity index (χ4n) is 3.67. The summed E-state index contributed by atoms with van der Waals surface area (Å²) in [7, 11) is 1.55. The summed E-state index contributed by atoms with van der Waals surface area (Å²) in [6.45, 7) is 0.476. The highest BCUT2D eigenvalue weighted by Gasteiger charge is 2.19. The fourth-order valence-corrected chi connectivity index (χ4v) is 3.67. The lowest BCUT2D eigenvalue weighted by Crippen LogP contribution is -2.13. The normalized spacial score (nSPS) is 10.8. The van der Waals surface area contributed by atoms with Crippen molar-refractivity contribution in [3.63, 3.8) is 0 Å². The van der Waals surface area contributed by atoms with Gasteiger partial charge in [0.1, 0.15) is 6.07 Å². The number of benzene rings is 3. The van der Waals surface area contributed by atoms with Crippen LogP contribution in [0.3, 0.4) is 0 Å². The number of aromatic nitrogens is 1. The molecule has 0 saturated carbocycles. The van der Waals surface area contributed by atoms with Gasteiger partial charge in [-0.3, -0.25) is 4.79 Å². The van der Waals surface area contributed by atoms with Gasteiger partial charge in [-0.15, -0.1) is 0 Å². The lowest BCUT2D eigenvalue weighted by Gasteiger charge is -2.12. The molecule has 1 amide bonds. The number of nitriles is 1. The maximum absolute atomic E-state index is 12.2. The Morgan fingerprint density at radius 3 is 2.55 bits per heavy atom. The van der Waals surface area contributed by atoms with Crippen molar-refractivity contribution in [3.8, 4) is 17.6 Å². The molecule has 6 heteroatoms. The third-order valence-electron chi connectivity index (χ3n) is 4.91. The van der Waals surface area contributed by atoms with Crippen LogP contribution in [0, 0.1) is 11.3 Å². The van der Waals surface area contributed by atoms with Crippen molar-refractivity contribution in [3.05, 3.63) is 71.8 Å². The van der Waals surface area contributed by atoms with Crippen LogP contribution in [0.5, 0.6) is 11.5 Å². The number of nitrogens with zero attached hydrogens (tertiary/aromatic N) is 2. The van der Waals surface area contributed by atoms with Gasteiger partial charge in [-0.25, -0.2) is 0 Å². The number of nitrogens with two attached hydrogens (primary N) is 1. The molecule has 144 valence electrons. The number of methoxy groups -OCH3 is 1. The molecule has 0 aliphatic rings. The van der Waals surface area contributed by atoms with Gasteiger partial charge in [0.15, 0.2) is 18.1 Å². The van der Waals surface area contributed by atoms with Crippen LogP contribution in [0.4, 0.5) is 0 Å². The van der Waals surface area contributed by atoms with Gasteiger partial charge in [-0.05, 0) is 17.7 Å². The number of primary amides is 1. The molecule has 1 heterocycles. The molecule has 0 unspecified atom stereocenters. The monoisotopic (exact) mass is 385 g/mol. The predicted octanol–water partition coefficient (Wildman–Crippen LogP) is 3.85. The van der Waals surface area contributed by atoms with Gasteiger partial charge in [0.05, 0.1) is 23.7 Å². The van der Waals surface area contributed by atoms with Crippen LogP contribution in [0.1, 0.15) is 15.9 Å². The highest BCUT2D eigenvalue weighted by molar-refractivity contribution is 6.16. The average Bonchev–Trinajstić information content (AvgIpc) is 3.05. The van der Waals surface area contributed by atoms with E-state index in [2.05, 4.69) is 4.57 Å². The summed E-state index contributed by atoms with van der Waals surface area (Å²) in [6.07, 6.45) is 0. The van der Waals surface area contributed by atoms with E-state index in [0.29, 0.717) is 23.6 Å².